The minimum atomic E-state index is -3.33. The van der Waals surface area contributed by atoms with Gasteiger partial charge >= 0.3 is 197 Å². The molecule has 0 unspecified atom stereocenters. The SMILES string of the molecule is COC(=O)C([I+]c1ccccc1)=[As](c1ccccc1)(c1ccccc1)c1ccccc1. The Labute approximate surface area is 196 Å². The molecule has 0 bridgehead atoms. The molecular formula is C27H23AsIO2+. The van der Waals surface area contributed by atoms with Crippen molar-refractivity contribution in [2.75, 3.05) is 7.11 Å². The van der Waals surface area contributed by atoms with E-state index in [1.165, 1.54) is 23.7 Å². The maximum atomic E-state index is 13.5. The molecule has 0 fully saturated rings. The molecule has 0 aliphatic heterocycles. The number of benzene rings is 4. The van der Waals surface area contributed by atoms with Crippen LogP contribution in [-0.2, 0) is 9.53 Å². The van der Waals surface area contributed by atoms with E-state index in [0.29, 0.717) is 0 Å². The van der Waals surface area contributed by atoms with E-state index >= 15 is 0 Å². The van der Waals surface area contributed by atoms with E-state index in [9.17, 15) is 4.79 Å². The molecule has 4 aromatic rings. The third-order valence-corrected chi connectivity index (χ3v) is 20.6. The second-order valence-electron chi connectivity index (χ2n) is 6.85. The van der Waals surface area contributed by atoms with Crippen molar-refractivity contribution in [2.24, 2.45) is 0 Å². The van der Waals surface area contributed by atoms with Crippen LogP contribution in [0.15, 0.2) is 121 Å². The molecule has 0 atom stereocenters. The average molecular weight is 581 g/mol. The summed E-state index contributed by atoms with van der Waals surface area (Å²) in [5.74, 6) is -0.180. The summed E-state index contributed by atoms with van der Waals surface area (Å²) < 4.78 is 11.3. The molecule has 4 rings (SSSR count). The fourth-order valence-corrected chi connectivity index (χ4v) is 21.3. The van der Waals surface area contributed by atoms with Gasteiger partial charge in [-0.05, 0) is 0 Å². The van der Waals surface area contributed by atoms with Gasteiger partial charge in [-0.1, -0.05) is 0 Å². The summed E-state index contributed by atoms with van der Waals surface area (Å²) in [6.45, 7) is 0. The average Bonchev–Trinajstić information content (AvgIpc) is 2.86. The number of esters is 1. The number of carbonyl (C=O) groups is 1. The normalized spacial score (nSPS) is 11.0. The van der Waals surface area contributed by atoms with Crippen LogP contribution in [0, 0.1) is 3.57 Å². The fourth-order valence-electron chi connectivity index (χ4n) is 3.65. The number of rotatable bonds is 6. The molecule has 2 nitrogen and oxygen atoms in total. The predicted molar refractivity (Wildman–Crippen MR) is 126 cm³/mol. The summed E-state index contributed by atoms with van der Waals surface area (Å²) in [5.41, 5.74) is 0. The van der Waals surface area contributed by atoms with Crippen molar-refractivity contribution in [3.05, 3.63) is 125 Å². The molecule has 154 valence electrons. The molecule has 0 aliphatic rings. The van der Waals surface area contributed by atoms with Gasteiger partial charge in [-0.2, -0.15) is 0 Å². The van der Waals surface area contributed by atoms with Crippen LogP contribution in [0.1, 0.15) is 0 Å². The topological polar surface area (TPSA) is 26.3 Å². The van der Waals surface area contributed by atoms with Crippen LogP contribution < -0.4 is 34.3 Å². The minimum absolute atomic E-state index is 0.180. The molecule has 4 heteroatoms. The summed E-state index contributed by atoms with van der Waals surface area (Å²) in [7, 11) is 1.50. The first-order chi connectivity index (χ1) is 15.3. The van der Waals surface area contributed by atoms with Crippen molar-refractivity contribution < 1.29 is 30.7 Å². The number of ether oxygens (including phenoxy) is 1. The second-order valence-corrected chi connectivity index (χ2v) is 18.6. The zero-order valence-electron chi connectivity index (χ0n) is 17.2. The molecule has 0 spiro atoms. The molecule has 0 saturated carbocycles. The molecule has 0 N–H and O–H groups in total. The number of hydrogen-bond acceptors (Lipinski definition) is 2. The Morgan fingerprint density at radius 2 is 0.968 bits per heavy atom. The molecule has 0 radical (unpaired) electrons. The fraction of sp³-hybridized carbons (Fsp3) is 0.0370. The van der Waals surface area contributed by atoms with Gasteiger partial charge in [0.1, 0.15) is 0 Å². The van der Waals surface area contributed by atoms with Crippen LogP contribution in [0.25, 0.3) is 0 Å². The van der Waals surface area contributed by atoms with Crippen molar-refractivity contribution >= 4 is 34.4 Å². The second kappa shape index (κ2) is 10.2. The monoisotopic (exact) mass is 581 g/mol. The molecule has 0 aliphatic carbocycles. The van der Waals surface area contributed by atoms with Gasteiger partial charge in [0.25, 0.3) is 0 Å². The number of carbonyl (C=O) groups excluding carboxylic acids is 1. The number of methoxy groups -OCH3 is 1. The predicted octanol–water partition coefficient (Wildman–Crippen LogP) is 0.000200. The Balaban J connectivity index is 2.20. The first-order valence-corrected chi connectivity index (χ1v) is 15.9. The molecular weight excluding hydrogens is 558 g/mol. The van der Waals surface area contributed by atoms with Gasteiger partial charge < -0.3 is 0 Å². The van der Waals surface area contributed by atoms with Crippen molar-refractivity contribution in [3.8, 4) is 0 Å². The molecule has 0 saturated heterocycles. The first-order valence-electron chi connectivity index (χ1n) is 9.98. The van der Waals surface area contributed by atoms with Crippen LogP contribution in [0.5, 0.6) is 0 Å². The maximum absolute atomic E-state index is 13.5. The van der Waals surface area contributed by atoms with Crippen LogP contribution in [-0.4, -0.2) is 28.5 Å². The van der Waals surface area contributed by atoms with E-state index in [0.717, 1.165) is 2.31 Å². The van der Waals surface area contributed by atoms with Crippen LogP contribution in [0.3, 0.4) is 0 Å². The number of hydrogen-bond donors (Lipinski definition) is 0. The zero-order valence-corrected chi connectivity index (χ0v) is 21.2. The number of halogens is 1. The Morgan fingerprint density at radius 3 is 1.32 bits per heavy atom. The van der Waals surface area contributed by atoms with Gasteiger partial charge in [-0.15, -0.1) is 0 Å². The van der Waals surface area contributed by atoms with Gasteiger partial charge in [-0.3, -0.25) is 0 Å². The van der Waals surface area contributed by atoms with Crippen molar-refractivity contribution in [3.63, 3.8) is 0 Å². The zero-order chi connectivity index (χ0) is 21.5. The van der Waals surface area contributed by atoms with E-state index in [1.54, 1.807) is 0 Å². The van der Waals surface area contributed by atoms with Crippen molar-refractivity contribution in [2.45, 2.75) is 0 Å². The quantitative estimate of drug-likeness (QED) is 0.182. The van der Waals surface area contributed by atoms with Gasteiger partial charge in [0, 0.05) is 0 Å². The summed E-state index contributed by atoms with van der Waals surface area (Å²) >= 11 is -4.06. The van der Waals surface area contributed by atoms with Crippen LogP contribution >= 0.6 is 0 Å². The molecule has 31 heavy (non-hydrogen) atoms. The Bertz CT molecular complexity index is 1090. The summed E-state index contributed by atoms with van der Waals surface area (Å²) in [6, 6.07) is 42.0. The van der Waals surface area contributed by atoms with E-state index in [1.807, 2.05) is 36.4 Å². The van der Waals surface area contributed by atoms with Crippen LogP contribution in [0.4, 0.5) is 0 Å². The van der Waals surface area contributed by atoms with E-state index in [-0.39, 0.29) is 5.97 Å². The molecule has 0 aromatic heterocycles. The Morgan fingerprint density at radius 1 is 0.613 bits per heavy atom. The van der Waals surface area contributed by atoms with E-state index in [2.05, 4.69) is 84.9 Å². The third kappa shape index (κ3) is 4.44. The van der Waals surface area contributed by atoms with Gasteiger partial charge in [0.2, 0.25) is 0 Å². The standard InChI is InChI=1S/C27H23AsIO2/c1-31-27(30)26(29-25-20-12-5-13-21-25)28(22-14-6-2-7-15-22,23-16-8-3-9-17-23)24-18-10-4-11-19-24/h2-21H,1H3/q+1. The van der Waals surface area contributed by atoms with E-state index < -0.39 is 34.3 Å². The summed E-state index contributed by atoms with van der Waals surface area (Å²) in [6.07, 6.45) is 0. The molecule has 0 heterocycles. The Hall–Kier alpha value is -2.49. The van der Waals surface area contributed by atoms with Gasteiger partial charge in [-0.25, -0.2) is 0 Å². The van der Waals surface area contributed by atoms with Gasteiger partial charge in [0.15, 0.2) is 0 Å². The van der Waals surface area contributed by atoms with Crippen molar-refractivity contribution in [1.82, 2.24) is 0 Å². The van der Waals surface area contributed by atoms with E-state index in [4.69, 9.17) is 4.74 Å². The molecule has 0 amide bonds. The Kier molecular flexibility index (Phi) is 7.16. The first kappa shape index (κ1) is 21.7. The molecule has 4 aromatic carbocycles. The van der Waals surface area contributed by atoms with Gasteiger partial charge in [0.05, 0.1) is 0 Å². The summed E-state index contributed by atoms with van der Waals surface area (Å²) in [4.78, 5) is 13.5. The van der Waals surface area contributed by atoms with Crippen molar-refractivity contribution in [1.29, 1.82) is 0 Å². The van der Waals surface area contributed by atoms with Crippen LogP contribution in [0.2, 0.25) is 0 Å². The third-order valence-electron chi connectivity index (χ3n) is 5.01. The summed E-state index contributed by atoms with van der Waals surface area (Å²) in [5, 5.41) is 0.